The molecule has 8 heteroatoms. The van der Waals surface area contributed by atoms with E-state index in [1.807, 2.05) is 0 Å². The van der Waals surface area contributed by atoms with Crippen LogP contribution in [0.15, 0.2) is 29.2 Å². The Hall–Kier alpha value is -2.22. The number of amides is 1. The topological polar surface area (TPSA) is 90.0 Å². The van der Waals surface area contributed by atoms with Gasteiger partial charge in [-0.05, 0) is 31.9 Å². The first-order valence-electron chi connectivity index (χ1n) is 9.06. The maximum Gasteiger partial charge on any atom is 0.339 e. The Kier molecular flexibility index (Phi) is 7.97. The number of piperidine rings is 1. The zero-order valence-electron chi connectivity index (χ0n) is 15.6. The zero-order chi connectivity index (χ0) is 19.8. The monoisotopic (exact) mass is 395 g/mol. The van der Waals surface area contributed by atoms with Gasteiger partial charge in [-0.3, -0.25) is 13.8 Å². The Morgan fingerprint density at radius 1 is 1.11 bits per heavy atom. The van der Waals surface area contributed by atoms with Crippen molar-refractivity contribution in [2.24, 2.45) is 5.92 Å². The van der Waals surface area contributed by atoms with E-state index < -0.39 is 16.8 Å². The molecule has 1 fully saturated rings. The van der Waals surface area contributed by atoms with Crippen molar-refractivity contribution < 1.29 is 28.1 Å². The summed E-state index contributed by atoms with van der Waals surface area (Å²) in [5.41, 5.74) is 0.214. The van der Waals surface area contributed by atoms with Gasteiger partial charge in [0, 0.05) is 18.8 Å². The smallest absolute Gasteiger partial charge is 0.339 e. The average molecular weight is 395 g/mol. The lowest BCUT2D eigenvalue weighted by atomic mass is 9.97. The molecular weight excluding hydrogens is 370 g/mol. The summed E-state index contributed by atoms with van der Waals surface area (Å²) in [6.45, 7) is 4.35. The fraction of sp³-hybridized carbons (Fsp3) is 0.526. The molecule has 0 aliphatic carbocycles. The molecule has 1 aliphatic heterocycles. The van der Waals surface area contributed by atoms with Crippen molar-refractivity contribution in [2.45, 2.75) is 31.6 Å². The van der Waals surface area contributed by atoms with Crippen LogP contribution in [0.1, 0.15) is 37.0 Å². The lowest BCUT2D eigenvalue weighted by molar-refractivity contribution is -0.151. The van der Waals surface area contributed by atoms with Crippen molar-refractivity contribution in [1.29, 1.82) is 0 Å². The highest BCUT2D eigenvalue weighted by Gasteiger charge is 2.28. The number of benzene rings is 1. The van der Waals surface area contributed by atoms with Gasteiger partial charge in [0.1, 0.15) is 0 Å². The van der Waals surface area contributed by atoms with E-state index in [2.05, 4.69) is 0 Å². The Morgan fingerprint density at radius 2 is 1.78 bits per heavy atom. The summed E-state index contributed by atoms with van der Waals surface area (Å²) in [6, 6.07) is 6.53. The molecule has 1 aromatic carbocycles. The Labute approximate surface area is 161 Å². The number of esters is 2. The maximum absolute atomic E-state index is 12.3. The quantitative estimate of drug-likeness (QED) is 0.654. The number of likely N-dealkylation sites (tertiary alicyclic amines) is 1. The molecule has 0 bridgehead atoms. The van der Waals surface area contributed by atoms with Crippen LogP contribution in [0, 0.1) is 5.92 Å². The minimum Gasteiger partial charge on any atom is -0.466 e. The molecule has 7 nitrogen and oxygen atoms in total. The third kappa shape index (κ3) is 5.63. The number of hydrogen-bond acceptors (Lipinski definition) is 6. The molecule has 1 heterocycles. The van der Waals surface area contributed by atoms with Gasteiger partial charge in [0.25, 0.3) is 5.91 Å². The molecule has 148 valence electrons. The van der Waals surface area contributed by atoms with Crippen LogP contribution >= 0.6 is 0 Å². The molecule has 1 saturated heterocycles. The van der Waals surface area contributed by atoms with E-state index in [4.69, 9.17) is 9.47 Å². The highest BCUT2D eigenvalue weighted by molar-refractivity contribution is 7.85. The van der Waals surface area contributed by atoms with Gasteiger partial charge in [-0.25, -0.2) is 4.79 Å². The fourth-order valence-electron chi connectivity index (χ4n) is 2.91. The molecule has 1 unspecified atom stereocenters. The van der Waals surface area contributed by atoms with Crippen LogP contribution in [-0.4, -0.2) is 59.0 Å². The highest BCUT2D eigenvalue weighted by atomic mass is 32.2. The number of rotatable bonds is 7. The van der Waals surface area contributed by atoms with Crippen molar-refractivity contribution in [1.82, 2.24) is 4.90 Å². The van der Waals surface area contributed by atoms with Crippen LogP contribution in [0.2, 0.25) is 0 Å². The lowest BCUT2D eigenvalue weighted by Crippen LogP contribution is -2.42. The number of carbonyl (C=O) groups excluding carboxylic acids is 3. The highest BCUT2D eigenvalue weighted by Crippen LogP contribution is 2.19. The van der Waals surface area contributed by atoms with Gasteiger partial charge in [0.05, 0.1) is 33.8 Å². The molecule has 27 heavy (non-hydrogen) atoms. The summed E-state index contributed by atoms with van der Waals surface area (Å²) < 4.78 is 22.2. The van der Waals surface area contributed by atoms with Crippen LogP contribution in [-0.2, 0) is 29.9 Å². The third-order valence-electron chi connectivity index (χ3n) is 4.41. The number of nitrogens with zero attached hydrogens (tertiary/aromatic N) is 1. The zero-order valence-corrected chi connectivity index (χ0v) is 16.5. The predicted molar refractivity (Wildman–Crippen MR) is 99.6 cm³/mol. The molecule has 1 atom stereocenters. The summed E-state index contributed by atoms with van der Waals surface area (Å²) in [4.78, 5) is 38.3. The summed E-state index contributed by atoms with van der Waals surface area (Å²) in [7, 11) is -1.29. The van der Waals surface area contributed by atoms with Gasteiger partial charge in [-0.15, -0.1) is 0 Å². The van der Waals surface area contributed by atoms with Gasteiger partial charge >= 0.3 is 11.9 Å². The van der Waals surface area contributed by atoms with Gasteiger partial charge in [0.15, 0.2) is 6.61 Å². The van der Waals surface area contributed by atoms with E-state index >= 15 is 0 Å². The van der Waals surface area contributed by atoms with Crippen LogP contribution in [0.3, 0.4) is 0 Å². The number of carbonyl (C=O) groups is 3. The van der Waals surface area contributed by atoms with Gasteiger partial charge in [-0.2, -0.15) is 0 Å². The summed E-state index contributed by atoms with van der Waals surface area (Å²) >= 11 is 0. The van der Waals surface area contributed by atoms with Crippen LogP contribution < -0.4 is 0 Å². The second-order valence-corrected chi connectivity index (χ2v) is 7.82. The van der Waals surface area contributed by atoms with Crippen LogP contribution in [0.5, 0.6) is 0 Å². The van der Waals surface area contributed by atoms with E-state index in [0.29, 0.717) is 43.2 Å². The molecule has 0 N–H and O–H groups in total. The molecule has 1 aliphatic rings. The van der Waals surface area contributed by atoms with Gasteiger partial charge < -0.3 is 14.4 Å². The summed E-state index contributed by atoms with van der Waals surface area (Å²) in [5.74, 6) is -0.996. The third-order valence-corrected chi connectivity index (χ3v) is 5.78. The van der Waals surface area contributed by atoms with E-state index in [-0.39, 0.29) is 30.0 Å². The molecule has 0 radical (unpaired) electrons. The summed E-state index contributed by atoms with van der Waals surface area (Å²) in [6.07, 6.45) is 1.08. The van der Waals surface area contributed by atoms with Gasteiger partial charge in [0.2, 0.25) is 0 Å². The van der Waals surface area contributed by atoms with Crippen molar-refractivity contribution in [3.63, 3.8) is 0 Å². The average Bonchev–Trinajstić information content (AvgIpc) is 2.71. The molecule has 1 aromatic rings. The Morgan fingerprint density at radius 3 is 2.41 bits per heavy atom. The second-order valence-electron chi connectivity index (χ2n) is 6.11. The lowest BCUT2D eigenvalue weighted by Gasteiger charge is -2.30. The molecular formula is C19H25NO6S. The van der Waals surface area contributed by atoms with E-state index in [0.717, 1.165) is 0 Å². The first-order valence-corrected chi connectivity index (χ1v) is 10.4. The summed E-state index contributed by atoms with van der Waals surface area (Å²) in [5, 5.41) is 0. The predicted octanol–water partition coefficient (Wildman–Crippen LogP) is 1.77. The van der Waals surface area contributed by atoms with Crippen molar-refractivity contribution in [2.75, 3.05) is 32.1 Å². The first-order chi connectivity index (χ1) is 13.0. The van der Waals surface area contributed by atoms with E-state index in [1.165, 1.54) is 0 Å². The number of ether oxygens (including phenoxy) is 2. The largest absolute Gasteiger partial charge is 0.466 e. The molecule has 2 rings (SSSR count). The minimum absolute atomic E-state index is 0.188. The molecule has 1 amide bonds. The molecule has 0 spiro atoms. The Balaban J connectivity index is 1.87. The minimum atomic E-state index is -1.29. The van der Waals surface area contributed by atoms with Crippen LogP contribution in [0.25, 0.3) is 0 Å². The van der Waals surface area contributed by atoms with E-state index in [1.54, 1.807) is 43.0 Å². The van der Waals surface area contributed by atoms with Crippen molar-refractivity contribution >= 4 is 28.6 Å². The normalized spacial score (nSPS) is 15.9. The molecule has 0 aromatic heterocycles. The fourth-order valence-corrected chi connectivity index (χ4v) is 3.85. The van der Waals surface area contributed by atoms with Crippen molar-refractivity contribution in [3.8, 4) is 0 Å². The van der Waals surface area contributed by atoms with Crippen LogP contribution in [0.4, 0.5) is 0 Å². The maximum atomic E-state index is 12.3. The van der Waals surface area contributed by atoms with Gasteiger partial charge in [-0.1, -0.05) is 19.1 Å². The Bertz CT molecular complexity index is 712. The first kappa shape index (κ1) is 21.1. The van der Waals surface area contributed by atoms with E-state index in [9.17, 15) is 18.6 Å². The molecule has 0 saturated carbocycles. The standard InChI is InChI=1S/C19H25NO6S/c1-3-25-18(22)14-9-11-20(12-10-14)17(21)13-26-19(23)15-7-5-6-8-16(15)27(24)4-2/h5-8,14H,3-4,9-13H2,1-2H3. The number of hydrogen-bond donors (Lipinski definition) is 0. The van der Waals surface area contributed by atoms with Crippen molar-refractivity contribution in [3.05, 3.63) is 29.8 Å². The SMILES string of the molecule is CCOC(=O)C1CCN(C(=O)COC(=O)c2ccccc2S(=O)CC)CC1. The second kappa shape index (κ2) is 10.2.